The number of hydrogen-bond acceptors (Lipinski definition) is 4. The summed E-state index contributed by atoms with van der Waals surface area (Å²) >= 11 is 0. The molecule has 1 rings (SSSR count). The Kier molecular flexibility index (Phi) is 15.5. The Hall–Kier alpha value is -0.610. The van der Waals surface area contributed by atoms with Gasteiger partial charge in [0.1, 0.15) is 0 Å². The van der Waals surface area contributed by atoms with Gasteiger partial charge < -0.3 is 25.4 Å². The molecule has 7 nitrogen and oxygen atoms in total. The van der Waals surface area contributed by atoms with E-state index in [0.29, 0.717) is 45.4 Å². The van der Waals surface area contributed by atoms with Crippen molar-refractivity contribution >= 4 is 35.8 Å². The van der Waals surface area contributed by atoms with E-state index in [4.69, 9.17) is 9.47 Å². The molecule has 0 aromatic carbocycles. The molecule has 1 saturated carbocycles. The predicted molar refractivity (Wildman–Crippen MR) is 107 cm³/mol. The summed E-state index contributed by atoms with van der Waals surface area (Å²) in [6.45, 7) is 6.78. The zero-order valence-corrected chi connectivity index (χ0v) is 17.3. The molecule has 1 amide bonds. The number of rotatable bonds is 13. The molecular weight excluding hydrogens is 423 g/mol. The number of unbranched alkanes of at least 4 members (excludes halogenated alkanes) is 1. The second-order valence-corrected chi connectivity index (χ2v) is 5.57. The van der Waals surface area contributed by atoms with Crippen LogP contribution in [0.5, 0.6) is 0 Å². The van der Waals surface area contributed by atoms with E-state index >= 15 is 0 Å². The average Bonchev–Trinajstić information content (AvgIpc) is 3.40. The van der Waals surface area contributed by atoms with Crippen LogP contribution in [0, 0.1) is 5.92 Å². The number of guanidine groups is 1. The Bertz CT molecular complexity index is 352. The summed E-state index contributed by atoms with van der Waals surface area (Å²) in [6.07, 6.45) is 4.32. The number of ether oxygens (including phenoxy) is 2. The largest absolute Gasteiger partial charge is 0.379 e. The quantitative estimate of drug-likeness (QED) is 0.168. The molecule has 142 valence electrons. The number of amides is 1. The fourth-order valence-corrected chi connectivity index (χ4v) is 1.89. The van der Waals surface area contributed by atoms with Crippen molar-refractivity contribution < 1.29 is 14.3 Å². The van der Waals surface area contributed by atoms with Gasteiger partial charge in [-0.3, -0.25) is 9.79 Å². The van der Waals surface area contributed by atoms with Crippen molar-refractivity contribution in [1.82, 2.24) is 16.0 Å². The summed E-state index contributed by atoms with van der Waals surface area (Å²) in [6, 6.07) is 0. The van der Waals surface area contributed by atoms with Crippen LogP contribution in [0.25, 0.3) is 0 Å². The van der Waals surface area contributed by atoms with Crippen molar-refractivity contribution in [2.45, 2.75) is 32.6 Å². The Morgan fingerprint density at radius 2 is 1.62 bits per heavy atom. The highest BCUT2D eigenvalue weighted by Gasteiger charge is 2.28. The third-order valence-corrected chi connectivity index (χ3v) is 3.44. The maximum atomic E-state index is 11.5. The van der Waals surface area contributed by atoms with Gasteiger partial charge in [-0.15, -0.1) is 24.0 Å². The van der Waals surface area contributed by atoms with E-state index in [2.05, 4.69) is 27.9 Å². The first kappa shape index (κ1) is 23.4. The molecular formula is C16H33IN4O3. The van der Waals surface area contributed by atoms with E-state index in [9.17, 15) is 4.79 Å². The molecule has 0 atom stereocenters. The summed E-state index contributed by atoms with van der Waals surface area (Å²) in [4.78, 5) is 15.6. The third-order valence-electron chi connectivity index (χ3n) is 3.44. The van der Waals surface area contributed by atoms with Crippen LogP contribution < -0.4 is 16.0 Å². The van der Waals surface area contributed by atoms with Gasteiger partial charge >= 0.3 is 0 Å². The minimum Gasteiger partial charge on any atom is -0.379 e. The van der Waals surface area contributed by atoms with Crippen LogP contribution >= 0.6 is 24.0 Å². The minimum absolute atomic E-state index is 0. The highest BCUT2D eigenvalue weighted by Crippen LogP contribution is 2.28. The molecule has 0 aromatic heterocycles. The Balaban J connectivity index is 0.00000529. The number of aliphatic imine (C=N–C) groups is 1. The monoisotopic (exact) mass is 456 g/mol. The molecule has 0 spiro atoms. The first-order valence-electron chi connectivity index (χ1n) is 8.65. The zero-order chi connectivity index (χ0) is 16.8. The molecule has 0 saturated heterocycles. The Labute approximate surface area is 162 Å². The lowest BCUT2D eigenvalue weighted by atomic mass is 10.4. The first-order chi connectivity index (χ1) is 11.3. The smallest absolute Gasteiger partial charge is 0.223 e. The lowest BCUT2D eigenvalue weighted by molar-refractivity contribution is -0.122. The molecule has 1 aliphatic rings. The van der Waals surface area contributed by atoms with Crippen molar-refractivity contribution in [3.8, 4) is 0 Å². The van der Waals surface area contributed by atoms with Gasteiger partial charge in [0, 0.05) is 39.2 Å². The summed E-state index contributed by atoms with van der Waals surface area (Å²) in [5, 5.41) is 9.22. The number of halogens is 1. The highest BCUT2D eigenvalue weighted by molar-refractivity contribution is 14.0. The van der Waals surface area contributed by atoms with E-state index in [1.165, 1.54) is 0 Å². The molecule has 0 aromatic rings. The number of carbonyl (C=O) groups is 1. The van der Waals surface area contributed by atoms with Gasteiger partial charge in [0.15, 0.2) is 5.96 Å². The van der Waals surface area contributed by atoms with E-state index in [1.54, 1.807) is 7.05 Å². The molecule has 8 heteroatoms. The van der Waals surface area contributed by atoms with E-state index in [1.807, 2.05) is 0 Å². The predicted octanol–water partition coefficient (Wildman–Crippen LogP) is 1.13. The molecule has 3 N–H and O–H groups in total. The Morgan fingerprint density at radius 1 is 1.00 bits per heavy atom. The fourth-order valence-electron chi connectivity index (χ4n) is 1.89. The van der Waals surface area contributed by atoms with Gasteiger partial charge in [-0.25, -0.2) is 0 Å². The summed E-state index contributed by atoms with van der Waals surface area (Å²) in [5.74, 6) is 1.15. The molecule has 0 aliphatic heterocycles. The van der Waals surface area contributed by atoms with E-state index in [-0.39, 0.29) is 35.8 Å². The third kappa shape index (κ3) is 12.8. The SMILES string of the molecule is CCCCOCCOCCNC(=NC)NCCNC(=O)C1CC1.I. The lowest BCUT2D eigenvalue weighted by Crippen LogP contribution is -2.42. The van der Waals surface area contributed by atoms with Gasteiger partial charge in [0.05, 0.1) is 19.8 Å². The maximum absolute atomic E-state index is 11.5. The van der Waals surface area contributed by atoms with Crippen molar-refractivity contribution in [2.75, 3.05) is 53.1 Å². The lowest BCUT2D eigenvalue weighted by Gasteiger charge is -2.12. The fraction of sp³-hybridized carbons (Fsp3) is 0.875. The molecule has 0 heterocycles. The summed E-state index contributed by atoms with van der Waals surface area (Å²) in [5.41, 5.74) is 0. The van der Waals surface area contributed by atoms with Crippen LogP contribution in [0.15, 0.2) is 4.99 Å². The number of carbonyl (C=O) groups excluding carboxylic acids is 1. The topological polar surface area (TPSA) is 84.0 Å². The first-order valence-corrected chi connectivity index (χ1v) is 8.65. The standard InChI is InChI=1S/C16H32N4O3.HI/c1-3-4-10-22-12-13-23-11-9-20-16(17-2)19-8-7-18-15(21)14-5-6-14;/h14H,3-13H2,1-2H3,(H,18,21)(H2,17,19,20);1H. The molecule has 24 heavy (non-hydrogen) atoms. The van der Waals surface area contributed by atoms with Gasteiger partial charge in [0.25, 0.3) is 0 Å². The van der Waals surface area contributed by atoms with Gasteiger partial charge in [0.2, 0.25) is 5.91 Å². The van der Waals surface area contributed by atoms with Crippen LogP contribution in [0.2, 0.25) is 0 Å². The van der Waals surface area contributed by atoms with Gasteiger partial charge in [-0.2, -0.15) is 0 Å². The number of nitrogens with zero attached hydrogens (tertiary/aromatic N) is 1. The summed E-state index contributed by atoms with van der Waals surface area (Å²) < 4.78 is 10.9. The van der Waals surface area contributed by atoms with E-state index in [0.717, 1.165) is 32.3 Å². The van der Waals surface area contributed by atoms with Crippen molar-refractivity contribution in [2.24, 2.45) is 10.9 Å². The van der Waals surface area contributed by atoms with Crippen LogP contribution in [-0.2, 0) is 14.3 Å². The minimum atomic E-state index is 0. The average molecular weight is 456 g/mol. The Morgan fingerprint density at radius 3 is 2.25 bits per heavy atom. The summed E-state index contributed by atoms with van der Waals surface area (Å²) in [7, 11) is 1.72. The van der Waals surface area contributed by atoms with Crippen LogP contribution in [0.4, 0.5) is 0 Å². The maximum Gasteiger partial charge on any atom is 0.223 e. The second kappa shape index (κ2) is 15.9. The normalized spacial score (nSPS) is 14.0. The number of nitrogens with one attached hydrogen (secondary N) is 3. The second-order valence-electron chi connectivity index (χ2n) is 5.57. The number of hydrogen-bond donors (Lipinski definition) is 3. The van der Waals surface area contributed by atoms with Crippen LogP contribution in [0.1, 0.15) is 32.6 Å². The van der Waals surface area contributed by atoms with Crippen molar-refractivity contribution in [3.63, 3.8) is 0 Å². The van der Waals surface area contributed by atoms with Crippen molar-refractivity contribution in [1.29, 1.82) is 0 Å². The molecule has 1 fully saturated rings. The molecule has 0 radical (unpaired) electrons. The molecule has 1 aliphatic carbocycles. The zero-order valence-electron chi connectivity index (χ0n) is 14.9. The van der Waals surface area contributed by atoms with Gasteiger partial charge in [-0.1, -0.05) is 13.3 Å². The van der Waals surface area contributed by atoms with Crippen LogP contribution in [0.3, 0.4) is 0 Å². The molecule has 0 unspecified atom stereocenters. The van der Waals surface area contributed by atoms with Crippen LogP contribution in [-0.4, -0.2) is 65.0 Å². The molecule has 0 bridgehead atoms. The van der Waals surface area contributed by atoms with Gasteiger partial charge in [-0.05, 0) is 19.3 Å². The van der Waals surface area contributed by atoms with Crippen molar-refractivity contribution in [3.05, 3.63) is 0 Å². The highest BCUT2D eigenvalue weighted by atomic mass is 127. The van der Waals surface area contributed by atoms with E-state index < -0.39 is 0 Å².